The van der Waals surface area contributed by atoms with Crippen molar-refractivity contribution in [3.05, 3.63) is 29.8 Å². The van der Waals surface area contributed by atoms with E-state index in [-0.39, 0.29) is 17.2 Å². The molecule has 1 saturated heterocycles. The first-order valence-electron chi connectivity index (χ1n) is 9.58. The Bertz CT molecular complexity index is 597. The van der Waals surface area contributed by atoms with Crippen LogP contribution in [0.15, 0.2) is 24.3 Å². The van der Waals surface area contributed by atoms with Crippen molar-refractivity contribution in [2.75, 3.05) is 45.2 Å². The van der Waals surface area contributed by atoms with Gasteiger partial charge >= 0.3 is 0 Å². The molecule has 1 aromatic rings. The lowest BCUT2D eigenvalue weighted by atomic mass is 9.90. The molecule has 1 fully saturated rings. The first-order valence-corrected chi connectivity index (χ1v) is 9.58. The van der Waals surface area contributed by atoms with E-state index in [4.69, 9.17) is 0 Å². The zero-order valence-electron chi connectivity index (χ0n) is 16.9. The summed E-state index contributed by atoms with van der Waals surface area (Å²) in [6.07, 6.45) is 0.990. The number of carbonyl (C=O) groups excluding carboxylic acids is 1. The van der Waals surface area contributed by atoms with Crippen LogP contribution in [0.1, 0.15) is 44.0 Å². The number of nitrogens with one attached hydrogen (secondary N) is 1. The van der Waals surface area contributed by atoms with Crippen molar-refractivity contribution < 1.29 is 9.18 Å². The van der Waals surface area contributed by atoms with Gasteiger partial charge in [0.25, 0.3) is 5.91 Å². The van der Waals surface area contributed by atoms with E-state index in [1.165, 1.54) is 0 Å². The average molecular weight is 364 g/mol. The number of amides is 1. The number of carbonyl (C=O) groups is 1. The third kappa shape index (κ3) is 6.27. The molecule has 0 aliphatic carbocycles. The van der Waals surface area contributed by atoms with Crippen molar-refractivity contribution in [3.8, 4) is 0 Å². The molecule has 0 unspecified atom stereocenters. The number of anilines is 1. The van der Waals surface area contributed by atoms with Crippen molar-refractivity contribution >= 4 is 11.6 Å². The Hall–Kier alpha value is -1.62. The molecule has 0 radical (unpaired) electrons. The van der Waals surface area contributed by atoms with Crippen LogP contribution in [0.5, 0.6) is 0 Å². The molecule has 0 aromatic heterocycles. The quantitative estimate of drug-likeness (QED) is 0.839. The number of hydrogen-bond donors (Lipinski definition) is 1. The van der Waals surface area contributed by atoms with Gasteiger partial charge in [0.05, 0.1) is 0 Å². The molecule has 1 aliphatic rings. The zero-order valence-corrected chi connectivity index (χ0v) is 16.9. The summed E-state index contributed by atoms with van der Waals surface area (Å²) in [4.78, 5) is 16.6. The monoisotopic (exact) mass is 363 g/mol. The summed E-state index contributed by atoms with van der Waals surface area (Å²) in [7, 11) is 3.89. The molecule has 146 valence electrons. The van der Waals surface area contributed by atoms with Crippen molar-refractivity contribution in [2.45, 2.75) is 39.8 Å². The second kappa shape index (κ2) is 8.85. The average Bonchev–Trinajstić information content (AvgIpc) is 2.58. The van der Waals surface area contributed by atoms with Crippen LogP contribution in [0.4, 0.5) is 10.1 Å². The van der Waals surface area contributed by atoms with Gasteiger partial charge in [-0.1, -0.05) is 26.8 Å². The Balaban J connectivity index is 1.81. The third-order valence-corrected chi connectivity index (χ3v) is 5.09. The Labute approximate surface area is 157 Å². The first-order chi connectivity index (χ1) is 12.2. The van der Waals surface area contributed by atoms with Crippen molar-refractivity contribution in [1.29, 1.82) is 0 Å². The highest BCUT2D eigenvalue weighted by Crippen LogP contribution is 2.24. The Kier molecular flexibility index (Phi) is 7.04. The summed E-state index contributed by atoms with van der Waals surface area (Å²) in [5.74, 6) is -0.224. The predicted octanol–water partition coefficient (Wildman–Crippen LogP) is 3.58. The fourth-order valence-corrected chi connectivity index (χ4v) is 3.19. The molecule has 1 amide bonds. The van der Waals surface area contributed by atoms with Gasteiger partial charge < -0.3 is 15.1 Å². The lowest BCUT2D eigenvalue weighted by molar-refractivity contribution is 0.0724. The second-order valence-corrected chi connectivity index (χ2v) is 8.83. The standard InChI is InChI=1S/C21H34FN3O/c1-21(2,3)10-12-25-11-9-17(19(22)15-25)14-23-20(26)16-7-6-8-18(13-16)24(4)5/h6-8,13,17,19H,9-12,14-15H2,1-5H3,(H,23,26)/t17-,19-/m0/s1. The fraction of sp³-hybridized carbons (Fsp3) is 0.667. The van der Waals surface area contributed by atoms with E-state index in [1.54, 1.807) is 6.07 Å². The van der Waals surface area contributed by atoms with Crippen LogP contribution in [-0.2, 0) is 0 Å². The Morgan fingerprint density at radius 1 is 1.35 bits per heavy atom. The summed E-state index contributed by atoms with van der Waals surface area (Å²) in [5, 5.41) is 2.92. The second-order valence-electron chi connectivity index (χ2n) is 8.83. The van der Waals surface area contributed by atoms with Gasteiger partial charge in [-0.15, -0.1) is 0 Å². The van der Waals surface area contributed by atoms with Crippen LogP contribution in [0.3, 0.4) is 0 Å². The number of nitrogens with zero attached hydrogens (tertiary/aromatic N) is 2. The molecular formula is C21H34FN3O. The van der Waals surface area contributed by atoms with E-state index in [1.807, 2.05) is 37.2 Å². The SMILES string of the molecule is CN(C)c1cccc(C(=O)NC[C@@H]2CCN(CCC(C)(C)C)C[C@@H]2F)c1. The van der Waals surface area contributed by atoms with Crippen LogP contribution < -0.4 is 10.2 Å². The van der Waals surface area contributed by atoms with Crippen molar-refractivity contribution in [3.63, 3.8) is 0 Å². The molecule has 0 bridgehead atoms. The molecule has 2 atom stereocenters. The lowest BCUT2D eigenvalue weighted by Gasteiger charge is -2.36. The molecule has 1 heterocycles. The number of benzene rings is 1. The molecule has 0 saturated carbocycles. The number of likely N-dealkylation sites (tertiary alicyclic amines) is 1. The van der Waals surface area contributed by atoms with Gasteiger partial charge in [0.1, 0.15) is 6.17 Å². The van der Waals surface area contributed by atoms with Crippen LogP contribution >= 0.6 is 0 Å². The minimum atomic E-state index is -0.878. The van der Waals surface area contributed by atoms with E-state index in [2.05, 4.69) is 31.0 Å². The smallest absolute Gasteiger partial charge is 0.251 e. The summed E-state index contributed by atoms with van der Waals surface area (Å²) >= 11 is 0. The molecule has 1 aliphatic heterocycles. The topological polar surface area (TPSA) is 35.6 Å². The fourth-order valence-electron chi connectivity index (χ4n) is 3.19. The van der Waals surface area contributed by atoms with Crippen LogP contribution in [0, 0.1) is 11.3 Å². The predicted molar refractivity (Wildman–Crippen MR) is 107 cm³/mol. The van der Waals surface area contributed by atoms with Crippen molar-refractivity contribution in [2.24, 2.45) is 11.3 Å². The summed E-state index contributed by atoms with van der Waals surface area (Å²) in [6, 6.07) is 7.49. The van der Waals surface area contributed by atoms with E-state index in [0.717, 1.165) is 31.6 Å². The van der Waals surface area contributed by atoms with E-state index >= 15 is 0 Å². The molecule has 2 rings (SSSR count). The number of piperidine rings is 1. The van der Waals surface area contributed by atoms with Gasteiger partial charge in [-0.05, 0) is 49.5 Å². The van der Waals surface area contributed by atoms with Crippen LogP contribution in [0.25, 0.3) is 0 Å². The maximum Gasteiger partial charge on any atom is 0.251 e. The maximum absolute atomic E-state index is 14.5. The highest BCUT2D eigenvalue weighted by Gasteiger charge is 2.29. The maximum atomic E-state index is 14.5. The van der Waals surface area contributed by atoms with Gasteiger partial charge in [0.2, 0.25) is 0 Å². The van der Waals surface area contributed by atoms with Gasteiger partial charge in [-0.3, -0.25) is 4.79 Å². The van der Waals surface area contributed by atoms with Crippen LogP contribution in [-0.4, -0.2) is 57.3 Å². The number of halogens is 1. The number of alkyl halides is 1. The largest absolute Gasteiger partial charge is 0.378 e. The molecule has 5 heteroatoms. The minimum Gasteiger partial charge on any atom is -0.378 e. The first kappa shape index (κ1) is 20.7. The van der Waals surface area contributed by atoms with E-state index in [9.17, 15) is 9.18 Å². The highest BCUT2D eigenvalue weighted by atomic mass is 19.1. The summed E-state index contributed by atoms with van der Waals surface area (Å²) in [6.45, 7) is 9.38. The minimum absolute atomic E-state index is 0.0955. The van der Waals surface area contributed by atoms with Crippen molar-refractivity contribution in [1.82, 2.24) is 10.2 Å². The normalized spacial score (nSPS) is 21.5. The third-order valence-electron chi connectivity index (χ3n) is 5.09. The number of rotatable bonds is 6. The molecule has 1 aromatic carbocycles. The molecule has 26 heavy (non-hydrogen) atoms. The van der Waals surface area contributed by atoms with Gasteiger partial charge in [-0.25, -0.2) is 4.39 Å². The van der Waals surface area contributed by atoms with Gasteiger partial charge in [0, 0.05) is 44.4 Å². The highest BCUT2D eigenvalue weighted by molar-refractivity contribution is 5.95. The molecule has 4 nitrogen and oxygen atoms in total. The van der Waals surface area contributed by atoms with Gasteiger partial charge in [0.15, 0.2) is 0 Å². The summed E-state index contributed by atoms with van der Waals surface area (Å²) < 4.78 is 14.5. The van der Waals surface area contributed by atoms with E-state index in [0.29, 0.717) is 18.7 Å². The van der Waals surface area contributed by atoms with E-state index < -0.39 is 6.17 Å². The Morgan fingerprint density at radius 2 is 2.08 bits per heavy atom. The lowest BCUT2D eigenvalue weighted by Crippen LogP contribution is -2.46. The molecule has 1 N–H and O–H groups in total. The zero-order chi connectivity index (χ0) is 19.3. The summed E-state index contributed by atoms with van der Waals surface area (Å²) in [5.41, 5.74) is 1.87. The molecular weight excluding hydrogens is 329 g/mol. The molecule has 0 spiro atoms. The van der Waals surface area contributed by atoms with Gasteiger partial charge in [-0.2, -0.15) is 0 Å². The Morgan fingerprint density at radius 3 is 2.69 bits per heavy atom. The van der Waals surface area contributed by atoms with Crippen LogP contribution in [0.2, 0.25) is 0 Å². The number of hydrogen-bond acceptors (Lipinski definition) is 3.